The average Bonchev–Trinajstić information content (AvgIpc) is 3.61. The second kappa shape index (κ2) is 17.8. The summed E-state index contributed by atoms with van der Waals surface area (Å²) in [6.45, 7) is 1.09. The van der Waals surface area contributed by atoms with Gasteiger partial charge in [0, 0.05) is 22.3 Å². The molecule has 14 nitrogen and oxygen atoms in total. The third-order valence-corrected chi connectivity index (χ3v) is 12.1. The van der Waals surface area contributed by atoms with Gasteiger partial charge in [-0.05, 0) is 82.9 Å². The van der Waals surface area contributed by atoms with Gasteiger partial charge < -0.3 is 40.9 Å². The van der Waals surface area contributed by atoms with Crippen molar-refractivity contribution in [3.8, 4) is 23.0 Å². The van der Waals surface area contributed by atoms with E-state index in [0.717, 1.165) is 0 Å². The second-order valence-corrected chi connectivity index (χ2v) is 15.6. The summed E-state index contributed by atoms with van der Waals surface area (Å²) in [5.41, 5.74) is 0.0953. The number of aliphatic hydroxyl groups excluding tert-OH is 2. The van der Waals surface area contributed by atoms with Crippen LogP contribution in [-0.2, 0) is 57.8 Å². The Morgan fingerprint density at radius 1 is 0.483 bits per heavy atom. The van der Waals surface area contributed by atoms with Crippen molar-refractivity contribution >= 4 is 27.0 Å². The summed E-state index contributed by atoms with van der Waals surface area (Å²) in [5, 5.41) is 58.3. The number of hydrogen-bond acceptors (Lipinski definition) is 14. The summed E-state index contributed by atoms with van der Waals surface area (Å²) in [4.78, 5) is 8.10. The molecule has 58 heavy (non-hydrogen) atoms. The van der Waals surface area contributed by atoms with Crippen LogP contribution >= 0.6 is 0 Å². The number of carbonyl (C=O) groups is 1. The summed E-state index contributed by atoms with van der Waals surface area (Å²) in [5.74, 6) is -0.137. The van der Waals surface area contributed by atoms with E-state index < -0.39 is 44.7 Å². The SMILES string of the molecule is C=O.O=S1(=O)OC(c2ccc(O)c(CO)c2)(c2ccc(O)c(CO)c2)c2ccccc21.O=S1(=O)OC(c2ccc(O)cc2)(c2ccc(O)cc2)c2ccccc21.[Na+].[OH-]. The van der Waals surface area contributed by atoms with Crippen molar-refractivity contribution in [2.24, 2.45) is 0 Å². The zero-order valence-electron chi connectivity index (χ0n) is 30.6. The number of aliphatic hydroxyl groups is 2. The van der Waals surface area contributed by atoms with Gasteiger partial charge in [0.1, 0.15) is 39.6 Å². The molecule has 7 N–H and O–H groups in total. The quantitative estimate of drug-likeness (QED) is 0.103. The van der Waals surface area contributed by atoms with Gasteiger partial charge in [-0.2, -0.15) is 16.8 Å². The van der Waals surface area contributed by atoms with Crippen LogP contribution < -0.4 is 29.6 Å². The zero-order valence-corrected chi connectivity index (χ0v) is 34.3. The van der Waals surface area contributed by atoms with Crippen LogP contribution in [0.3, 0.4) is 0 Å². The van der Waals surface area contributed by atoms with Crippen molar-refractivity contribution in [3.05, 3.63) is 178 Å². The fourth-order valence-corrected chi connectivity index (χ4v) is 9.72. The Morgan fingerprint density at radius 3 is 1.14 bits per heavy atom. The van der Waals surface area contributed by atoms with Crippen LogP contribution in [0, 0.1) is 0 Å². The van der Waals surface area contributed by atoms with Gasteiger partial charge in [-0.15, -0.1) is 0 Å². The minimum atomic E-state index is -4.12. The van der Waals surface area contributed by atoms with Gasteiger partial charge in [-0.1, -0.05) is 72.8 Å². The predicted molar refractivity (Wildman–Crippen MR) is 203 cm³/mol. The topological polar surface area (TPSA) is 255 Å². The van der Waals surface area contributed by atoms with E-state index in [1.165, 1.54) is 72.8 Å². The van der Waals surface area contributed by atoms with Gasteiger partial charge in [0.2, 0.25) is 0 Å². The number of fused-ring (bicyclic) bond motifs is 2. The van der Waals surface area contributed by atoms with Gasteiger partial charge in [0.05, 0.1) is 13.2 Å². The van der Waals surface area contributed by atoms with Crippen molar-refractivity contribution in [1.29, 1.82) is 0 Å². The number of rotatable bonds is 6. The molecule has 0 amide bonds. The van der Waals surface area contributed by atoms with Crippen molar-refractivity contribution in [1.82, 2.24) is 0 Å². The first kappa shape index (κ1) is 45.6. The maximum atomic E-state index is 12.8. The van der Waals surface area contributed by atoms with Crippen LogP contribution in [0.4, 0.5) is 0 Å². The normalized spacial score (nSPS) is 15.7. The van der Waals surface area contributed by atoms with Crippen molar-refractivity contribution in [2.45, 2.75) is 34.2 Å². The standard InChI is InChI=1S/C21H18O7S.C19H14O5S.CH2O.Na.H2O/c22-11-13-9-15(5-7-18(13)24)21(16-6-8-19(25)14(10-16)12-23)17-3-1-2-4-20(17)29(26,27)28-21;20-15-9-5-13(6-10-15)19(14-7-11-16(21)12-8-14)17-3-1-2-4-18(17)25(22,23)24-19;1-2;;/h1-10,22-25H,11-12H2;1-12,20-21H;1H2;;1H2/q;;;+1;/p-1. The third kappa shape index (κ3) is 7.87. The first-order valence-electron chi connectivity index (χ1n) is 16.6. The van der Waals surface area contributed by atoms with Gasteiger partial charge in [0.25, 0.3) is 20.2 Å². The van der Waals surface area contributed by atoms with E-state index in [-0.39, 0.29) is 78.9 Å². The van der Waals surface area contributed by atoms with E-state index in [0.29, 0.717) is 33.4 Å². The molecule has 0 unspecified atom stereocenters. The molecule has 2 aliphatic heterocycles. The molecular formula is C41H35NaO14S2. The van der Waals surface area contributed by atoms with E-state index >= 15 is 0 Å². The van der Waals surface area contributed by atoms with Gasteiger partial charge in [0.15, 0.2) is 11.2 Å². The third-order valence-electron chi connectivity index (χ3n) is 9.40. The molecule has 0 aliphatic carbocycles. The molecular weight excluding hydrogens is 804 g/mol. The number of aromatic hydroxyl groups is 4. The molecule has 296 valence electrons. The maximum Gasteiger partial charge on any atom is 1.00 e. The summed E-state index contributed by atoms with van der Waals surface area (Å²) >= 11 is 0. The molecule has 0 spiro atoms. The Bertz CT molecular complexity index is 2530. The van der Waals surface area contributed by atoms with Crippen LogP contribution in [0.15, 0.2) is 143 Å². The van der Waals surface area contributed by atoms with Crippen molar-refractivity contribution in [3.63, 3.8) is 0 Å². The minimum absolute atomic E-state index is 0. The zero-order chi connectivity index (χ0) is 40.5. The minimum Gasteiger partial charge on any atom is -0.870 e. The predicted octanol–water partition coefficient (Wildman–Crippen LogP) is 1.84. The van der Waals surface area contributed by atoms with Crippen LogP contribution in [0.25, 0.3) is 0 Å². The van der Waals surface area contributed by atoms with E-state index in [1.807, 2.05) is 6.79 Å². The Morgan fingerprint density at radius 2 is 0.793 bits per heavy atom. The Labute approximate surface area is 355 Å². The molecule has 0 bridgehead atoms. The molecule has 0 saturated heterocycles. The van der Waals surface area contributed by atoms with E-state index in [1.54, 1.807) is 60.7 Å². The number of carbonyl (C=O) groups excluding carboxylic acids is 1. The van der Waals surface area contributed by atoms with Gasteiger partial charge in [-0.3, -0.25) is 0 Å². The molecule has 0 atom stereocenters. The number of hydrogen-bond donors (Lipinski definition) is 6. The van der Waals surface area contributed by atoms with Crippen LogP contribution in [-0.4, -0.2) is 59.7 Å². The van der Waals surface area contributed by atoms with Crippen LogP contribution in [0.2, 0.25) is 0 Å². The van der Waals surface area contributed by atoms with E-state index in [4.69, 9.17) is 13.2 Å². The molecule has 0 saturated carbocycles. The summed E-state index contributed by atoms with van der Waals surface area (Å²) < 4.78 is 62.3. The number of benzene rings is 6. The average molecular weight is 839 g/mol. The maximum absolute atomic E-state index is 12.8. The molecule has 8 rings (SSSR count). The molecule has 0 radical (unpaired) electrons. The van der Waals surface area contributed by atoms with Crippen molar-refractivity contribution < 1.29 is 95.7 Å². The Balaban J connectivity index is 0.000000240. The molecule has 6 aromatic carbocycles. The van der Waals surface area contributed by atoms with Crippen molar-refractivity contribution in [2.75, 3.05) is 0 Å². The van der Waals surface area contributed by atoms with E-state index in [9.17, 15) is 47.5 Å². The van der Waals surface area contributed by atoms with Gasteiger partial charge in [-0.25, -0.2) is 8.37 Å². The molecule has 0 fully saturated rings. The summed E-state index contributed by atoms with van der Waals surface area (Å²) in [6, 6.07) is 34.0. The fourth-order valence-electron chi connectivity index (χ4n) is 6.86. The first-order valence-corrected chi connectivity index (χ1v) is 19.4. The van der Waals surface area contributed by atoms with Gasteiger partial charge >= 0.3 is 29.6 Å². The second-order valence-electron chi connectivity index (χ2n) is 12.5. The summed E-state index contributed by atoms with van der Waals surface area (Å²) in [7, 11) is -8.07. The Kier molecular flexibility index (Phi) is 14.0. The molecule has 0 aromatic heterocycles. The molecule has 6 aromatic rings. The van der Waals surface area contributed by atoms with Crippen LogP contribution in [0.5, 0.6) is 23.0 Å². The number of phenolic OH excluding ortho intramolecular Hbond substituents is 2. The number of phenols is 4. The Hall–Kier alpha value is -5.11. The fraction of sp³-hybridized carbons (Fsp3) is 0.0976. The van der Waals surface area contributed by atoms with E-state index in [2.05, 4.69) is 0 Å². The monoisotopic (exact) mass is 838 g/mol. The molecule has 17 heteroatoms. The smallest absolute Gasteiger partial charge is 0.870 e. The van der Waals surface area contributed by atoms with Crippen LogP contribution in [0.1, 0.15) is 44.5 Å². The molecule has 2 heterocycles. The molecule has 2 aliphatic rings. The summed E-state index contributed by atoms with van der Waals surface area (Å²) in [6.07, 6.45) is 0. The largest absolute Gasteiger partial charge is 1.00 e. The first-order chi connectivity index (χ1) is 26.8.